The van der Waals surface area contributed by atoms with E-state index < -0.39 is 0 Å². The number of nitrogens with one attached hydrogen (secondary N) is 1. The van der Waals surface area contributed by atoms with E-state index in [2.05, 4.69) is 37.0 Å². The van der Waals surface area contributed by atoms with Crippen molar-refractivity contribution in [1.29, 1.82) is 0 Å². The summed E-state index contributed by atoms with van der Waals surface area (Å²) in [5, 5.41) is 15.1. The summed E-state index contributed by atoms with van der Waals surface area (Å²) in [5.74, 6) is 2.48. The first-order valence-corrected chi connectivity index (χ1v) is 9.75. The molecule has 4 aromatic rings. The van der Waals surface area contributed by atoms with Gasteiger partial charge in [0.05, 0.1) is 11.4 Å². The standard InChI is InChI=1S/C19H17FN6S/c1-11(18-25-24-15-3-2-8-26(15)18)23-17-16-14(9-27-19(16)22-10-21-17)12-4-6-13(20)7-5-12/h4-7,9-11H,2-3,8H2,1H3,(H,21,22,23). The summed E-state index contributed by atoms with van der Waals surface area (Å²) in [7, 11) is 0. The molecule has 0 bridgehead atoms. The van der Waals surface area contributed by atoms with Gasteiger partial charge >= 0.3 is 0 Å². The molecule has 0 radical (unpaired) electrons. The van der Waals surface area contributed by atoms with Crippen molar-refractivity contribution >= 4 is 27.4 Å². The van der Waals surface area contributed by atoms with E-state index in [0.717, 1.165) is 58.2 Å². The Kier molecular flexibility index (Phi) is 3.86. The summed E-state index contributed by atoms with van der Waals surface area (Å²) >= 11 is 1.55. The first kappa shape index (κ1) is 16.3. The monoisotopic (exact) mass is 380 g/mol. The smallest absolute Gasteiger partial charge is 0.155 e. The van der Waals surface area contributed by atoms with Crippen LogP contribution in [0, 0.1) is 5.82 Å². The van der Waals surface area contributed by atoms with Crippen molar-refractivity contribution in [1.82, 2.24) is 24.7 Å². The van der Waals surface area contributed by atoms with Crippen LogP contribution >= 0.6 is 11.3 Å². The molecule has 1 aliphatic heterocycles. The van der Waals surface area contributed by atoms with Gasteiger partial charge in [-0.15, -0.1) is 21.5 Å². The molecule has 8 heteroatoms. The number of aromatic nitrogens is 5. The van der Waals surface area contributed by atoms with E-state index >= 15 is 0 Å². The third kappa shape index (κ3) is 2.76. The van der Waals surface area contributed by atoms with Gasteiger partial charge in [0.25, 0.3) is 0 Å². The fourth-order valence-corrected chi connectivity index (χ4v) is 4.51. The van der Waals surface area contributed by atoms with Crippen molar-refractivity contribution in [3.05, 3.63) is 53.4 Å². The van der Waals surface area contributed by atoms with Crippen LogP contribution in [0.3, 0.4) is 0 Å². The number of nitrogens with zero attached hydrogens (tertiary/aromatic N) is 5. The van der Waals surface area contributed by atoms with E-state index in [1.165, 1.54) is 12.1 Å². The summed E-state index contributed by atoms with van der Waals surface area (Å²) in [6.45, 7) is 3.02. The van der Waals surface area contributed by atoms with Crippen LogP contribution in [0.15, 0.2) is 36.0 Å². The topological polar surface area (TPSA) is 68.5 Å². The average molecular weight is 380 g/mol. The molecule has 1 aromatic carbocycles. The second-order valence-corrected chi connectivity index (χ2v) is 7.51. The van der Waals surface area contributed by atoms with E-state index in [-0.39, 0.29) is 11.9 Å². The number of anilines is 1. The maximum Gasteiger partial charge on any atom is 0.155 e. The SMILES string of the molecule is CC(Nc1ncnc2scc(-c3ccc(F)cc3)c12)c1nnc2n1CCC2. The summed E-state index contributed by atoms with van der Waals surface area (Å²) in [6.07, 6.45) is 3.66. The molecule has 3 aromatic heterocycles. The lowest BCUT2D eigenvalue weighted by molar-refractivity contribution is 0.628. The lowest BCUT2D eigenvalue weighted by atomic mass is 10.1. The number of halogens is 1. The van der Waals surface area contributed by atoms with Crippen LogP contribution < -0.4 is 5.32 Å². The Hall–Kier alpha value is -2.87. The normalized spacial score (nSPS) is 14.4. The summed E-state index contributed by atoms with van der Waals surface area (Å²) in [4.78, 5) is 9.77. The molecule has 1 atom stereocenters. The zero-order valence-electron chi connectivity index (χ0n) is 14.7. The van der Waals surface area contributed by atoms with E-state index in [4.69, 9.17) is 0 Å². The molecule has 6 nitrogen and oxygen atoms in total. The quantitative estimate of drug-likeness (QED) is 0.574. The highest BCUT2D eigenvalue weighted by molar-refractivity contribution is 7.17. The van der Waals surface area contributed by atoms with Crippen molar-refractivity contribution in [3.63, 3.8) is 0 Å². The molecule has 0 amide bonds. The van der Waals surface area contributed by atoms with Crippen LogP contribution in [-0.2, 0) is 13.0 Å². The zero-order chi connectivity index (χ0) is 18.4. The molecule has 4 heterocycles. The largest absolute Gasteiger partial charge is 0.360 e. The van der Waals surface area contributed by atoms with Crippen molar-refractivity contribution in [2.24, 2.45) is 0 Å². The first-order chi connectivity index (χ1) is 13.2. The number of aryl methyl sites for hydroxylation is 1. The van der Waals surface area contributed by atoms with Crippen LogP contribution in [0.25, 0.3) is 21.3 Å². The van der Waals surface area contributed by atoms with E-state index in [0.29, 0.717) is 0 Å². The summed E-state index contributed by atoms with van der Waals surface area (Å²) in [6, 6.07) is 6.46. The molecule has 27 heavy (non-hydrogen) atoms. The molecule has 0 fully saturated rings. The molecular formula is C19H17FN6S. The van der Waals surface area contributed by atoms with Crippen LogP contribution in [0.4, 0.5) is 10.2 Å². The highest BCUT2D eigenvalue weighted by atomic mass is 32.1. The summed E-state index contributed by atoms with van der Waals surface area (Å²) < 4.78 is 15.5. The number of benzene rings is 1. The molecule has 1 unspecified atom stereocenters. The van der Waals surface area contributed by atoms with Gasteiger partial charge in [0.1, 0.15) is 28.6 Å². The van der Waals surface area contributed by atoms with Crippen LogP contribution in [0.5, 0.6) is 0 Å². The van der Waals surface area contributed by atoms with Crippen LogP contribution in [0.1, 0.15) is 31.0 Å². The fourth-order valence-electron chi connectivity index (χ4n) is 3.59. The third-order valence-electron chi connectivity index (χ3n) is 4.90. The highest BCUT2D eigenvalue weighted by Crippen LogP contribution is 2.37. The lowest BCUT2D eigenvalue weighted by Crippen LogP contribution is -2.14. The predicted molar refractivity (Wildman–Crippen MR) is 103 cm³/mol. The Labute approximate surface area is 159 Å². The van der Waals surface area contributed by atoms with Crippen molar-refractivity contribution in [2.75, 3.05) is 5.32 Å². The highest BCUT2D eigenvalue weighted by Gasteiger charge is 2.22. The lowest BCUT2D eigenvalue weighted by Gasteiger charge is -2.15. The van der Waals surface area contributed by atoms with Gasteiger partial charge in [0, 0.05) is 23.9 Å². The molecule has 1 N–H and O–H groups in total. The minimum atomic E-state index is -0.248. The van der Waals surface area contributed by atoms with Gasteiger partial charge in [0.15, 0.2) is 5.82 Å². The minimum absolute atomic E-state index is 0.0385. The Bertz CT molecular complexity index is 1120. The van der Waals surface area contributed by atoms with Crippen molar-refractivity contribution in [2.45, 2.75) is 32.4 Å². The van der Waals surface area contributed by atoms with E-state index in [1.807, 2.05) is 5.38 Å². The second kappa shape index (κ2) is 6.38. The van der Waals surface area contributed by atoms with Gasteiger partial charge in [-0.25, -0.2) is 14.4 Å². The van der Waals surface area contributed by atoms with Crippen LogP contribution in [0.2, 0.25) is 0 Å². The molecule has 0 saturated carbocycles. The van der Waals surface area contributed by atoms with Gasteiger partial charge in [-0.2, -0.15) is 0 Å². The first-order valence-electron chi connectivity index (χ1n) is 8.87. The maximum atomic E-state index is 13.3. The van der Waals surface area contributed by atoms with Gasteiger partial charge in [0.2, 0.25) is 0 Å². The maximum absolute atomic E-state index is 13.3. The number of rotatable bonds is 4. The number of fused-ring (bicyclic) bond motifs is 2. The average Bonchev–Trinajstić information content (AvgIpc) is 3.38. The Morgan fingerprint density at radius 3 is 2.89 bits per heavy atom. The van der Waals surface area contributed by atoms with E-state index in [1.54, 1.807) is 29.8 Å². The van der Waals surface area contributed by atoms with Crippen molar-refractivity contribution in [3.8, 4) is 11.1 Å². The van der Waals surface area contributed by atoms with Gasteiger partial charge in [-0.05, 0) is 31.0 Å². The Morgan fingerprint density at radius 1 is 1.19 bits per heavy atom. The van der Waals surface area contributed by atoms with E-state index in [9.17, 15) is 4.39 Å². The minimum Gasteiger partial charge on any atom is -0.360 e. The predicted octanol–water partition coefficient (Wildman–Crippen LogP) is 4.21. The fraction of sp³-hybridized carbons (Fsp3) is 0.263. The number of thiophene rings is 1. The Morgan fingerprint density at radius 2 is 2.04 bits per heavy atom. The van der Waals surface area contributed by atoms with Crippen LogP contribution in [-0.4, -0.2) is 24.7 Å². The second-order valence-electron chi connectivity index (χ2n) is 6.65. The van der Waals surface area contributed by atoms with Crippen molar-refractivity contribution < 1.29 is 4.39 Å². The summed E-state index contributed by atoms with van der Waals surface area (Å²) in [5.41, 5.74) is 1.94. The third-order valence-corrected chi connectivity index (χ3v) is 5.79. The zero-order valence-corrected chi connectivity index (χ0v) is 15.5. The van der Waals surface area contributed by atoms with Gasteiger partial charge in [-0.3, -0.25) is 0 Å². The Balaban J connectivity index is 1.55. The molecular weight excluding hydrogens is 363 g/mol. The molecule has 5 rings (SSSR count). The molecule has 136 valence electrons. The molecule has 0 aliphatic carbocycles. The number of hydrogen-bond donors (Lipinski definition) is 1. The van der Waals surface area contributed by atoms with Gasteiger partial charge < -0.3 is 9.88 Å². The molecule has 0 spiro atoms. The molecule has 0 saturated heterocycles. The van der Waals surface area contributed by atoms with Gasteiger partial charge in [-0.1, -0.05) is 12.1 Å². The molecule has 1 aliphatic rings. The number of hydrogen-bond acceptors (Lipinski definition) is 6.